The Morgan fingerprint density at radius 2 is 2.12 bits per heavy atom. The summed E-state index contributed by atoms with van der Waals surface area (Å²) in [5, 5.41) is 11.1. The topological polar surface area (TPSA) is 55.6 Å². The van der Waals surface area contributed by atoms with Crippen LogP contribution < -0.4 is 5.32 Å². The van der Waals surface area contributed by atoms with E-state index in [4.69, 9.17) is 0 Å². The molecule has 2 aromatic heterocycles. The average molecular weight is 217 g/mol. The number of hydrogen-bond donors (Lipinski definition) is 1. The fraction of sp³-hybridized carbons (Fsp3) is 0.364. The summed E-state index contributed by atoms with van der Waals surface area (Å²) in [6, 6.07) is 4.37. The van der Waals surface area contributed by atoms with Gasteiger partial charge in [0.1, 0.15) is 0 Å². The van der Waals surface area contributed by atoms with Crippen molar-refractivity contribution in [3.05, 3.63) is 42.5 Å². The summed E-state index contributed by atoms with van der Waals surface area (Å²) in [6.07, 6.45) is 7.17. The summed E-state index contributed by atoms with van der Waals surface area (Å²) in [5.41, 5.74) is 1.24. The SMILES string of the molecule is CC(NCCn1ccnn1)c1ccncc1. The minimum atomic E-state index is 0.325. The molecule has 0 aromatic carbocycles. The van der Waals surface area contributed by atoms with Gasteiger partial charge in [-0.2, -0.15) is 0 Å². The molecular formula is C11H15N5. The van der Waals surface area contributed by atoms with Crippen LogP contribution in [0.15, 0.2) is 36.9 Å². The molecule has 1 N–H and O–H groups in total. The Balaban J connectivity index is 1.78. The molecule has 0 aliphatic carbocycles. The van der Waals surface area contributed by atoms with Gasteiger partial charge in [-0.15, -0.1) is 5.10 Å². The summed E-state index contributed by atoms with van der Waals surface area (Å²) in [4.78, 5) is 4.00. The highest BCUT2D eigenvalue weighted by Gasteiger charge is 2.03. The van der Waals surface area contributed by atoms with E-state index in [1.165, 1.54) is 5.56 Å². The molecule has 84 valence electrons. The summed E-state index contributed by atoms with van der Waals surface area (Å²) >= 11 is 0. The van der Waals surface area contributed by atoms with E-state index in [9.17, 15) is 0 Å². The molecule has 0 saturated heterocycles. The molecule has 1 unspecified atom stereocenters. The van der Waals surface area contributed by atoms with Crippen LogP contribution >= 0.6 is 0 Å². The van der Waals surface area contributed by atoms with Crippen LogP contribution in [0.1, 0.15) is 18.5 Å². The van der Waals surface area contributed by atoms with Crippen LogP contribution in [0.2, 0.25) is 0 Å². The number of pyridine rings is 1. The molecule has 0 aliphatic heterocycles. The number of rotatable bonds is 5. The molecule has 0 bridgehead atoms. The van der Waals surface area contributed by atoms with Gasteiger partial charge in [-0.05, 0) is 24.6 Å². The highest BCUT2D eigenvalue weighted by Crippen LogP contribution is 2.09. The molecule has 0 fully saturated rings. The van der Waals surface area contributed by atoms with Gasteiger partial charge in [-0.3, -0.25) is 9.67 Å². The molecule has 2 rings (SSSR count). The second-order valence-electron chi connectivity index (χ2n) is 3.62. The molecule has 0 radical (unpaired) electrons. The van der Waals surface area contributed by atoms with Crippen molar-refractivity contribution in [1.29, 1.82) is 0 Å². The number of hydrogen-bond acceptors (Lipinski definition) is 4. The van der Waals surface area contributed by atoms with E-state index >= 15 is 0 Å². The van der Waals surface area contributed by atoms with E-state index in [1.54, 1.807) is 6.20 Å². The van der Waals surface area contributed by atoms with Gasteiger partial charge < -0.3 is 5.32 Å². The van der Waals surface area contributed by atoms with Gasteiger partial charge in [0.25, 0.3) is 0 Å². The second-order valence-corrected chi connectivity index (χ2v) is 3.62. The largest absolute Gasteiger partial charge is 0.308 e. The van der Waals surface area contributed by atoms with Crippen molar-refractivity contribution in [2.24, 2.45) is 0 Å². The highest BCUT2D eigenvalue weighted by molar-refractivity contribution is 5.13. The van der Waals surface area contributed by atoms with E-state index < -0.39 is 0 Å². The maximum Gasteiger partial charge on any atom is 0.0692 e. The average Bonchev–Trinajstić information content (AvgIpc) is 2.83. The number of nitrogens with one attached hydrogen (secondary N) is 1. The van der Waals surface area contributed by atoms with E-state index in [0.717, 1.165) is 13.1 Å². The van der Waals surface area contributed by atoms with Crippen LogP contribution in [0.5, 0.6) is 0 Å². The Labute approximate surface area is 94.5 Å². The van der Waals surface area contributed by atoms with Crippen molar-refractivity contribution < 1.29 is 0 Å². The Morgan fingerprint density at radius 3 is 2.81 bits per heavy atom. The number of aromatic nitrogens is 4. The van der Waals surface area contributed by atoms with Gasteiger partial charge in [0.05, 0.1) is 12.7 Å². The zero-order valence-electron chi connectivity index (χ0n) is 9.24. The van der Waals surface area contributed by atoms with Crippen molar-refractivity contribution >= 4 is 0 Å². The fourth-order valence-electron chi connectivity index (χ4n) is 1.52. The van der Waals surface area contributed by atoms with Crippen LogP contribution in [0.3, 0.4) is 0 Å². The van der Waals surface area contributed by atoms with Crippen LogP contribution in [-0.2, 0) is 6.54 Å². The highest BCUT2D eigenvalue weighted by atomic mass is 15.4. The first kappa shape index (κ1) is 10.8. The lowest BCUT2D eigenvalue weighted by Gasteiger charge is -2.13. The lowest BCUT2D eigenvalue weighted by molar-refractivity contribution is 0.499. The Morgan fingerprint density at radius 1 is 1.31 bits per heavy atom. The molecule has 0 amide bonds. The Kier molecular flexibility index (Phi) is 3.61. The van der Waals surface area contributed by atoms with Gasteiger partial charge in [-0.1, -0.05) is 5.21 Å². The van der Waals surface area contributed by atoms with Crippen molar-refractivity contribution in [3.63, 3.8) is 0 Å². The summed E-state index contributed by atoms with van der Waals surface area (Å²) in [6.45, 7) is 3.83. The van der Waals surface area contributed by atoms with E-state index in [2.05, 4.69) is 27.5 Å². The van der Waals surface area contributed by atoms with Crippen LogP contribution in [0.4, 0.5) is 0 Å². The third kappa shape index (κ3) is 2.87. The first-order chi connectivity index (χ1) is 7.86. The Bertz CT molecular complexity index is 398. The maximum atomic E-state index is 4.00. The normalized spacial score (nSPS) is 12.6. The summed E-state index contributed by atoms with van der Waals surface area (Å²) in [7, 11) is 0. The Hall–Kier alpha value is -1.75. The van der Waals surface area contributed by atoms with E-state index in [1.807, 2.05) is 35.4 Å². The van der Waals surface area contributed by atoms with Gasteiger partial charge in [0.15, 0.2) is 0 Å². The van der Waals surface area contributed by atoms with Crippen molar-refractivity contribution in [2.45, 2.75) is 19.5 Å². The van der Waals surface area contributed by atoms with Crippen LogP contribution in [0, 0.1) is 0 Å². The van der Waals surface area contributed by atoms with Gasteiger partial charge >= 0.3 is 0 Å². The van der Waals surface area contributed by atoms with E-state index in [-0.39, 0.29) is 0 Å². The quantitative estimate of drug-likeness (QED) is 0.812. The standard InChI is InChI=1S/C11H15N5/c1-10(11-2-4-12-5-3-11)13-6-8-16-9-7-14-15-16/h2-5,7,9-10,13H,6,8H2,1H3. The lowest BCUT2D eigenvalue weighted by Crippen LogP contribution is -2.23. The third-order valence-electron chi connectivity index (χ3n) is 2.47. The van der Waals surface area contributed by atoms with Crippen molar-refractivity contribution in [1.82, 2.24) is 25.3 Å². The molecule has 0 saturated carbocycles. The molecule has 2 heterocycles. The van der Waals surface area contributed by atoms with E-state index in [0.29, 0.717) is 6.04 Å². The maximum absolute atomic E-state index is 4.00. The smallest absolute Gasteiger partial charge is 0.0692 e. The summed E-state index contributed by atoms with van der Waals surface area (Å²) < 4.78 is 1.81. The first-order valence-corrected chi connectivity index (χ1v) is 5.33. The number of nitrogens with zero attached hydrogens (tertiary/aromatic N) is 4. The van der Waals surface area contributed by atoms with Crippen LogP contribution in [0.25, 0.3) is 0 Å². The minimum absolute atomic E-state index is 0.325. The third-order valence-corrected chi connectivity index (χ3v) is 2.47. The van der Waals surface area contributed by atoms with Gasteiger partial charge in [0, 0.05) is 31.2 Å². The molecule has 5 nitrogen and oxygen atoms in total. The fourth-order valence-corrected chi connectivity index (χ4v) is 1.52. The molecule has 0 aliphatic rings. The first-order valence-electron chi connectivity index (χ1n) is 5.33. The van der Waals surface area contributed by atoms with Gasteiger partial charge in [-0.25, -0.2) is 0 Å². The van der Waals surface area contributed by atoms with Gasteiger partial charge in [0.2, 0.25) is 0 Å². The molecule has 1 atom stereocenters. The lowest BCUT2D eigenvalue weighted by atomic mass is 10.1. The van der Waals surface area contributed by atoms with Crippen molar-refractivity contribution in [3.8, 4) is 0 Å². The predicted molar refractivity (Wildman–Crippen MR) is 60.7 cm³/mol. The van der Waals surface area contributed by atoms with Crippen molar-refractivity contribution in [2.75, 3.05) is 6.54 Å². The second kappa shape index (κ2) is 5.37. The molecular weight excluding hydrogens is 202 g/mol. The monoisotopic (exact) mass is 217 g/mol. The van der Waals surface area contributed by atoms with Crippen LogP contribution in [-0.4, -0.2) is 26.5 Å². The molecule has 16 heavy (non-hydrogen) atoms. The zero-order valence-corrected chi connectivity index (χ0v) is 9.24. The summed E-state index contributed by atoms with van der Waals surface area (Å²) in [5.74, 6) is 0. The minimum Gasteiger partial charge on any atom is -0.308 e. The molecule has 2 aromatic rings. The molecule has 5 heteroatoms. The zero-order chi connectivity index (χ0) is 11.2. The molecule has 0 spiro atoms. The predicted octanol–water partition coefficient (Wildman–Crippen LogP) is 1.02.